The van der Waals surface area contributed by atoms with E-state index in [2.05, 4.69) is 6.92 Å². The molecule has 4 atom stereocenters. The van der Waals surface area contributed by atoms with Gasteiger partial charge in [0, 0.05) is 7.11 Å². The van der Waals surface area contributed by atoms with Gasteiger partial charge in [-0.05, 0) is 64.7 Å². The van der Waals surface area contributed by atoms with Crippen molar-refractivity contribution in [3.8, 4) is 0 Å². The van der Waals surface area contributed by atoms with Crippen molar-refractivity contribution in [2.75, 3.05) is 20.3 Å². The molecule has 1 saturated carbocycles. The van der Waals surface area contributed by atoms with Crippen LogP contribution in [0, 0.1) is 11.8 Å². The van der Waals surface area contributed by atoms with Crippen LogP contribution in [0.3, 0.4) is 0 Å². The van der Waals surface area contributed by atoms with Crippen LogP contribution in [-0.2, 0) is 28.5 Å². The molecule has 4 unspecified atom stereocenters. The molecule has 1 aliphatic heterocycles. The Bertz CT molecular complexity index is 503. The molecule has 0 bridgehead atoms. The summed E-state index contributed by atoms with van der Waals surface area (Å²) in [6.07, 6.45) is 4.72. The lowest BCUT2D eigenvalue weighted by atomic mass is 9.83. The highest BCUT2D eigenvalue weighted by molar-refractivity contribution is 5.91. The summed E-state index contributed by atoms with van der Waals surface area (Å²) >= 11 is 0. The monoisotopic (exact) mass is 370 g/mol. The molecule has 0 aromatic carbocycles. The highest BCUT2D eigenvalue weighted by atomic mass is 16.6. The van der Waals surface area contributed by atoms with Crippen molar-refractivity contribution in [2.45, 2.75) is 83.5 Å². The Morgan fingerprint density at radius 2 is 1.96 bits per heavy atom. The second-order valence-electron chi connectivity index (χ2n) is 8.71. The maximum atomic E-state index is 11.8. The molecule has 150 valence electrons. The molecule has 6 heteroatoms. The van der Waals surface area contributed by atoms with Gasteiger partial charge in [0.1, 0.15) is 6.42 Å². The molecular formula is C20H34O6. The van der Waals surface area contributed by atoms with Crippen LogP contribution in [0.25, 0.3) is 0 Å². The Morgan fingerprint density at radius 1 is 1.27 bits per heavy atom. The van der Waals surface area contributed by atoms with Crippen LogP contribution in [-0.4, -0.2) is 49.6 Å². The van der Waals surface area contributed by atoms with Gasteiger partial charge in [-0.3, -0.25) is 9.59 Å². The van der Waals surface area contributed by atoms with Gasteiger partial charge in [0.25, 0.3) is 0 Å². The molecule has 0 spiro atoms. The molecule has 0 N–H and O–H groups in total. The average molecular weight is 370 g/mol. The van der Waals surface area contributed by atoms with E-state index in [1.807, 2.05) is 20.8 Å². The molecule has 0 aromatic rings. The van der Waals surface area contributed by atoms with Gasteiger partial charge in [0.2, 0.25) is 0 Å². The maximum absolute atomic E-state index is 11.8. The number of epoxide rings is 1. The van der Waals surface area contributed by atoms with Crippen molar-refractivity contribution in [3.63, 3.8) is 0 Å². The molecule has 6 nitrogen and oxygen atoms in total. The molecule has 1 saturated heterocycles. The molecule has 26 heavy (non-hydrogen) atoms. The van der Waals surface area contributed by atoms with Crippen LogP contribution < -0.4 is 0 Å². The fourth-order valence-corrected chi connectivity index (χ4v) is 3.32. The average Bonchev–Trinajstić information content (AvgIpc) is 3.27. The third kappa shape index (κ3) is 6.54. The van der Waals surface area contributed by atoms with Crippen molar-refractivity contribution < 1.29 is 28.5 Å². The van der Waals surface area contributed by atoms with E-state index in [9.17, 15) is 9.59 Å². The van der Waals surface area contributed by atoms with Gasteiger partial charge in [-0.15, -0.1) is 0 Å². The number of methoxy groups -OCH3 is 1. The number of hydrogen-bond acceptors (Lipinski definition) is 6. The Hall–Kier alpha value is -1.14. The first-order valence-corrected chi connectivity index (χ1v) is 9.68. The number of carbonyl (C=O) groups excluding carboxylic acids is 2. The van der Waals surface area contributed by atoms with E-state index in [-0.39, 0.29) is 23.5 Å². The van der Waals surface area contributed by atoms with E-state index < -0.39 is 11.9 Å². The number of rotatable bonds is 10. The fraction of sp³-hybridized carbons (Fsp3) is 0.900. The first-order chi connectivity index (χ1) is 12.1. The quantitative estimate of drug-likeness (QED) is 0.334. The number of carbonyl (C=O) groups is 2. The van der Waals surface area contributed by atoms with Crippen molar-refractivity contribution in [1.29, 1.82) is 0 Å². The molecule has 0 aromatic heterocycles. The standard InChI is InChI=1S/C20H34O6/c1-14(6-8-19(2,3)23-5)12-24-17(21)11-18(22)25-13-15-7-9-20(4)16(10-15)26-20/h14-16H,6-13H2,1-5H3. The predicted molar refractivity (Wildman–Crippen MR) is 96.6 cm³/mol. The van der Waals surface area contributed by atoms with Gasteiger partial charge in [-0.1, -0.05) is 6.92 Å². The van der Waals surface area contributed by atoms with Crippen molar-refractivity contribution >= 4 is 11.9 Å². The van der Waals surface area contributed by atoms with E-state index in [1.165, 1.54) is 0 Å². The van der Waals surface area contributed by atoms with E-state index in [0.29, 0.717) is 25.2 Å². The summed E-state index contributed by atoms with van der Waals surface area (Å²) in [4.78, 5) is 23.6. The molecule has 2 rings (SSSR count). The van der Waals surface area contributed by atoms with Gasteiger partial charge >= 0.3 is 11.9 Å². The van der Waals surface area contributed by atoms with Gasteiger partial charge in [0.15, 0.2) is 0 Å². The molecule has 1 aliphatic carbocycles. The first kappa shape index (κ1) is 21.2. The third-order valence-corrected chi connectivity index (χ3v) is 5.72. The van der Waals surface area contributed by atoms with Crippen LogP contribution in [0.4, 0.5) is 0 Å². The highest BCUT2D eigenvalue weighted by Crippen LogP contribution is 2.49. The van der Waals surface area contributed by atoms with Gasteiger partial charge < -0.3 is 18.9 Å². The van der Waals surface area contributed by atoms with Gasteiger partial charge in [0.05, 0.1) is 30.5 Å². The molecule has 2 fully saturated rings. The van der Waals surface area contributed by atoms with Gasteiger partial charge in [-0.2, -0.15) is 0 Å². The second-order valence-corrected chi connectivity index (χ2v) is 8.71. The minimum absolute atomic E-state index is 0.0689. The fourth-order valence-electron chi connectivity index (χ4n) is 3.32. The van der Waals surface area contributed by atoms with Crippen molar-refractivity contribution in [2.24, 2.45) is 11.8 Å². The second kappa shape index (κ2) is 8.70. The highest BCUT2D eigenvalue weighted by Gasteiger charge is 2.55. The zero-order chi connectivity index (χ0) is 19.4. The zero-order valence-electron chi connectivity index (χ0n) is 16.8. The summed E-state index contributed by atoms with van der Waals surface area (Å²) in [5.41, 5.74) is -0.108. The number of esters is 2. The summed E-state index contributed by atoms with van der Waals surface area (Å²) in [6, 6.07) is 0. The van der Waals surface area contributed by atoms with Gasteiger partial charge in [-0.25, -0.2) is 0 Å². The Morgan fingerprint density at radius 3 is 2.62 bits per heavy atom. The predicted octanol–water partition coefficient (Wildman–Crippen LogP) is 3.26. The van der Waals surface area contributed by atoms with E-state index in [1.54, 1.807) is 7.11 Å². The summed E-state index contributed by atoms with van der Waals surface area (Å²) in [7, 11) is 1.69. The van der Waals surface area contributed by atoms with E-state index >= 15 is 0 Å². The largest absolute Gasteiger partial charge is 0.465 e. The molecule has 2 aliphatic rings. The SMILES string of the molecule is COC(C)(C)CCC(C)COC(=O)CC(=O)OCC1CCC2(C)OC2C1. The number of ether oxygens (including phenoxy) is 4. The minimum atomic E-state index is -0.519. The van der Waals surface area contributed by atoms with Crippen LogP contribution in [0.15, 0.2) is 0 Å². The topological polar surface area (TPSA) is 74.4 Å². The molecule has 1 heterocycles. The van der Waals surface area contributed by atoms with Crippen molar-refractivity contribution in [3.05, 3.63) is 0 Å². The van der Waals surface area contributed by atoms with E-state index in [4.69, 9.17) is 18.9 Å². The first-order valence-electron chi connectivity index (χ1n) is 9.68. The smallest absolute Gasteiger partial charge is 0.317 e. The van der Waals surface area contributed by atoms with Crippen LogP contribution in [0.5, 0.6) is 0 Å². The molecule has 0 amide bonds. The third-order valence-electron chi connectivity index (χ3n) is 5.72. The lowest BCUT2D eigenvalue weighted by molar-refractivity contribution is -0.156. The lowest BCUT2D eigenvalue weighted by Gasteiger charge is -2.24. The Kier molecular flexibility index (Phi) is 7.08. The Labute approximate surface area is 156 Å². The van der Waals surface area contributed by atoms with E-state index in [0.717, 1.165) is 32.1 Å². The van der Waals surface area contributed by atoms with Crippen LogP contribution >= 0.6 is 0 Å². The summed E-state index contributed by atoms with van der Waals surface area (Å²) in [5, 5.41) is 0. The number of hydrogen-bond donors (Lipinski definition) is 0. The van der Waals surface area contributed by atoms with Crippen LogP contribution in [0.2, 0.25) is 0 Å². The zero-order valence-corrected chi connectivity index (χ0v) is 16.8. The summed E-state index contributed by atoms with van der Waals surface area (Å²) < 4.78 is 21.5. The Balaban J connectivity index is 1.55. The maximum Gasteiger partial charge on any atom is 0.317 e. The lowest BCUT2D eigenvalue weighted by Crippen LogP contribution is -2.26. The summed E-state index contributed by atoms with van der Waals surface area (Å²) in [6.45, 7) is 8.89. The molecule has 0 radical (unpaired) electrons. The normalized spacial score (nSPS) is 28.8. The minimum Gasteiger partial charge on any atom is -0.465 e. The summed E-state index contributed by atoms with van der Waals surface area (Å²) in [5.74, 6) is -0.470. The van der Waals surface area contributed by atoms with Crippen LogP contribution in [0.1, 0.15) is 66.2 Å². The number of fused-ring (bicyclic) bond motifs is 1. The van der Waals surface area contributed by atoms with Crippen molar-refractivity contribution in [1.82, 2.24) is 0 Å². The molecular weight excluding hydrogens is 336 g/mol.